The largest absolute Gasteiger partial charge is 0.497 e. The highest BCUT2D eigenvalue weighted by atomic mass is 16.5. The van der Waals surface area contributed by atoms with E-state index in [0.717, 1.165) is 25.7 Å². The Morgan fingerprint density at radius 3 is 2.41 bits per heavy atom. The van der Waals surface area contributed by atoms with E-state index in [9.17, 15) is 9.59 Å². The quantitative estimate of drug-likeness (QED) is 0.283. The van der Waals surface area contributed by atoms with Crippen LogP contribution in [0.25, 0.3) is 6.08 Å². The summed E-state index contributed by atoms with van der Waals surface area (Å²) < 4.78 is 16.1. The van der Waals surface area contributed by atoms with Crippen molar-refractivity contribution >= 4 is 17.8 Å². The van der Waals surface area contributed by atoms with E-state index in [-0.39, 0.29) is 17.7 Å². The van der Waals surface area contributed by atoms with Crippen molar-refractivity contribution in [1.29, 1.82) is 0 Å². The van der Waals surface area contributed by atoms with Crippen molar-refractivity contribution in [2.24, 2.45) is 5.92 Å². The number of esters is 1. The van der Waals surface area contributed by atoms with E-state index < -0.39 is 0 Å². The predicted molar refractivity (Wildman–Crippen MR) is 112 cm³/mol. The Morgan fingerprint density at radius 2 is 1.69 bits per heavy atom. The van der Waals surface area contributed by atoms with Gasteiger partial charge < -0.3 is 14.2 Å². The molecule has 0 heterocycles. The molecule has 1 saturated carbocycles. The first-order valence-corrected chi connectivity index (χ1v) is 9.87. The summed E-state index contributed by atoms with van der Waals surface area (Å²) >= 11 is 0. The summed E-state index contributed by atoms with van der Waals surface area (Å²) in [6.07, 6.45) is 8.18. The van der Waals surface area contributed by atoms with Crippen LogP contribution in [0.5, 0.6) is 17.2 Å². The van der Waals surface area contributed by atoms with Crippen LogP contribution in [0, 0.1) is 5.92 Å². The maximum atomic E-state index is 12.7. The maximum Gasteiger partial charge on any atom is 0.314 e. The van der Waals surface area contributed by atoms with Gasteiger partial charge in [-0.15, -0.1) is 0 Å². The van der Waals surface area contributed by atoms with Crippen molar-refractivity contribution in [1.82, 2.24) is 0 Å². The zero-order valence-corrected chi connectivity index (χ0v) is 16.9. The van der Waals surface area contributed by atoms with Gasteiger partial charge >= 0.3 is 5.97 Å². The molecule has 152 valence electrons. The fraction of sp³-hybridized carbons (Fsp3) is 0.333. The third kappa shape index (κ3) is 5.25. The van der Waals surface area contributed by atoms with Gasteiger partial charge in [0.15, 0.2) is 5.78 Å². The molecule has 1 aliphatic rings. The molecule has 0 saturated heterocycles. The molecule has 0 N–H and O–H groups in total. The lowest BCUT2D eigenvalue weighted by molar-refractivity contribution is -0.140. The van der Waals surface area contributed by atoms with Crippen LogP contribution in [0.3, 0.4) is 0 Å². The van der Waals surface area contributed by atoms with Crippen molar-refractivity contribution in [3.05, 3.63) is 59.7 Å². The van der Waals surface area contributed by atoms with Gasteiger partial charge in [0.1, 0.15) is 17.2 Å². The Balaban J connectivity index is 1.77. The number of allylic oxidation sites excluding steroid dienone is 1. The number of carbonyl (C=O) groups excluding carboxylic acids is 2. The van der Waals surface area contributed by atoms with Crippen molar-refractivity contribution in [3.63, 3.8) is 0 Å². The van der Waals surface area contributed by atoms with Crippen LogP contribution in [0.4, 0.5) is 0 Å². The molecule has 1 aliphatic carbocycles. The van der Waals surface area contributed by atoms with E-state index in [0.29, 0.717) is 28.4 Å². The molecule has 0 bridgehead atoms. The van der Waals surface area contributed by atoms with Crippen molar-refractivity contribution in [3.8, 4) is 17.2 Å². The number of methoxy groups -OCH3 is 2. The Bertz CT molecular complexity index is 894. The molecule has 0 amide bonds. The van der Waals surface area contributed by atoms with Crippen LogP contribution in [-0.4, -0.2) is 26.0 Å². The zero-order valence-electron chi connectivity index (χ0n) is 16.9. The Kier molecular flexibility index (Phi) is 7.06. The highest BCUT2D eigenvalue weighted by Crippen LogP contribution is 2.28. The van der Waals surface area contributed by atoms with Crippen LogP contribution < -0.4 is 14.2 Å². The fourth-order valence-electron chi connectivity index (χ4n) is 3.50. The third-order valence-corrected chi connectivity index (χ3v) is 5.15. The molecule has 1 fully saturated rings. The van der Waals surface area contributed by atoms with Gasteiger partial charge in [0, 0.05) is 5.56 Å². The summed E-state index contributed by atoms with van der Waals surface area (Å²) in [5.41, 5.74) is 1.08. The summed E-state index contributed by atoms with van der Waals surface area (Å²) in [4.78, 5) is 25.2. The van der Waals surface area contributed by atoms with Gasteiger partial charge in [-0.05, 0) is 49.3 Å². The predicted octanol–water partition coefficient (Wildman–Crippen LogP) is 5.09. The standard InChI is InChI=1S/C24H26O5/c1-27-19-13-15-23(28-2)20(16-19)21(25)14-12-17-8-6-7-11-22(17)29-24(26)18-9-4-3-5-10-18/h6-8,11-16,18H,3-5,9-10H2,1-2H3. The van der Waals surface area contributed by atoms with E-state index in [4.69, 9.17) is 14.2 Å². The van der Waals surface area contributed by atoms with E-state index in [2.05, 4.69) is 0 Å². The monoisotopic (exact) mass is 394 g/mol. The summed E-state index contributed by atoms with van der Waals surface area (Å²) in [7, 11) is 3.06. The minimum absolute atomic E-state index is 0.0385. The number of benzene rings is 2. The number of ketones is 1. The second-order valence-corrected chi connectivity index (χ2v) is 7.06. The molecule has 2 aromatic carbocycles. The SMILES string of the molecule is COc1ccc(OC)c(C(=O)C=Cc2ccccc2OC(=O)C2CCCCC2)c1. The Morgan fingerprint density at radius 1 is 0.931 bits per heavy atom. The average molecular weight is 394 g/mol. The second kappa shape index (κ2) is 9.92. The summed E-state index contributed by atoms with van der Waals surface area (Å²) in [6.45, 7) is 0. The second-order valence-electron chi connectivity index (χ2n) is 7.06. The van der Waals surface area contributed by atoms with Gasteiger partial charge in [-0.2, -0.15) is 0 Å². The van der Waals surface area contributed by atoms with E-state index in [1.165, 1.54) is 19.6 Å². The lowest BCUT2D eigenvalue weighted by Crippen LogP contribution is -2.23. The van der Waals surface area contributed by atoms with Gasteiger partial charge in [-0.25, -0.2) is 0 Å². The topological polar surface area (TPSA) is 61.8 Å². The fourth-order valence-corrected chi connectivity index (χ4v) is 3.50. The van der Waals surface area contributed by atoms with Crippen molar-refractivity contribution in [2.45, 2.75) is 32.1 Å². The molecule has 0 unspecified atom stereocenters. The molecule has 0 atom stereocenters. The molecule has 5 nitrogen and oxygen atoms in total. The molecular weight excluding hydrogens is 368 g/mol. The molecule has 0 aliphatic heterocycles. The van der Waals surface area contributed by atoms with Gasteiger partial charge in [0.05, 0.1) is 25.7 Å². The van der Waals surface area contributed by atoms with E-state index in [1.807, 2.05) is 18.2 Å². The first-order valence-electron chi connectivity index (χ1n) is 9.87. The normalized spacial score (nSPS) is 14.6. The molecule has 0 aromatic heterocycles. The number of ether oxygens (including phenoxy) is 3. The molecule has 0 radical (unpaired) electrons. The minimum atomic E-state index is -0.228. The minimum Gasteiger partial charge on any atom is -0.497 e. The molecule has 2 aromatic rings. The average Bonchev–Trinajstić information content (AvgIpc) is 2.78. The summed E-state index contributed by atoms with van der Waals surface area (Å²) in [5.74, 6) is 1.05. The maximum absolute atomic E-state index is 12.7. The van der Waals surface area contributed by atoms with Crippen LogP contribution in [0.15, 0.2) is 48.5 Å². The van der Waals surface area contributed by atoms with Crippen LogP contribution >= 0.6 is 0 Å². The zero-order chi connectivity index (χ0) is 20.6. The molecule has 5 heteroatoms. The lowest BCUT2D eigenvalue weighted by atomic mass is 9.89. The summed E-state index contributed by atoms with van der Waals surface area (Å²) in [6, 6.07) is 12.3. The smallest absolute Gasteiger partial charge is 0.314 e. The number of para-hydroxylation sites is 1. The Hall–Kier alpha value is -3.08. The number of hydrogen-bond donors (Lipinski definition) is 0. The number of rotatable bonds is 7. The van der Waals surface area contributed by atoms with Gasteiger partial charge in [-0.1, -0.05) is 37.5 Å². The van der Waals surface area contributed by atoms with Crippen molar-refractivity contribution in [2.75, 3.05) is 14.2 Å². The molecule has 0 spiro atoms. The van der Waals surface area contributed by atoms with Crippen LogP contribution in [-0.2, 0) is 4.79 Å². The third-order valence-electron chi connectivity index (χ3n) is 5.15. The number of carbonyl (C=O) groups is 2. The molecule has 3 rings (SSSR count). The van der Waals surface area contributed by atoms with E-state index in [1.54, 1.807) is 37.5 Å². The first-order chi connectivity index (χ1) is 14.1. The van der Waals surface area contributed by atoms with Gasteiger partial charge in [0.2, 0.25) is 0 Å². The van der Waals surface area contributed by atoms with Gasteiger partial charge in [-0.3, -0.25) is 9.59 Å². The van der Waals surface area contributed by atoms with Gasteiger partial charge in [0.25, 0.3) is 0 Å². The Labute approximate surface area is 171 Å². The van der Waals surface area contributed by atoms with Crippen LogP contribution in [0.2, 0.25) is 0 Å². The lowest BCUT2D eigenvalue weighted by Gasteiger charge is -2.20. The summed E-state index contributed by atoms with van der Waals surface area (Å²) in [5, 5.41) is 0. The highest BCUT2D eigenvalue weighted by Gasteiger charge is 2.23. The highest BCUT2D eigenvalue weighted by molar-refractivity contribution is 6.09. The van der Waals surface area contributed by atoms with E-state index >= 15 is 0 Å². The van der Waals surface area contributed by atoms with Crippen LogP contribution in [0.1, 0.15) is 48.0 Å². The first kappa shape index (κ1) is 20.6. The molecular formula is C24H26O5. The van der Waals surface area contributed by atoms with Crippen molar-refractivity contribution < 1.29 is 23.8 Å². The number of hydrogen-bond acceptors (Lipinski definition) is 5. The molecule has 29 heavy (non-hydrogen) atoms.